The molecular formula is C13H17N3. The quantitative estimate of drug-likeness (QED) is 0.805. The van der Waals surface area contributed by atoms with E-state index in [2.05, 4.69) is 16.7 Å². The monoisotopic (exact) mass is 215 g/mol. The summed E-state index contributed by atoms with van der Waals surface area (Å²) in [6.45, 7) is 2.53. The van der Waals surface area contributed by atoms with Crippen LogP contribution in [0.25, 0.3) is 11.3 Å². The summed E-state index contributed by atoms with van der Waals surface area (Å²) in [4.78, 5) is 0. The van der Waals surface area contributed by atoms with Crippen LogP contribution >= 0.6 is 0 Å². The number of anilines is 1. The normalized spacial score (nSPS) is 10.7. The molecule has 84 valence electrons. The fraction of sp³-hybridized carbons (Fsp3) is 0.231. The van der Waals surface area contributed by atoms with Gasteiger partial charge in [0.05, 0.1) is 11.4 Å². The standard InChI is InChI=1S/C13H17N3/c1-9-11(8-14)12(15)13(16(9)2)10-6-4-3-5-7-10/h3-7H,8,14-15H2,1-2H3. The van der Waals surface area contributed by atoms with Gasteiger partial charge in [-0.15, -0.1) is 0 Å². The molecule has 0 aliphatic carbocycles. The minimum absolute atomic E-state index is 0.484. The number of rotatable bonds is 2. The first-order valence-electron chi connectivity index (χ1n) is 5.36. The molecule has 3 heteroatoms. The van der Waals surface area contributed by atoms with Gasteiger partial charge < -0.3 is 16.0 Å². The maximum Gasteiger partial charge on any atom is 0.0716 e. The topological polar surface area (TPSA) is 57.0 Å². The molecule has 0 bridgehead atoms. The van der Waals surface area contributed by atoms with Crippen molar-refractivity contribution in [2.75, 3.05) is 5.73 Å². The predicted molar refractivity (Wildman–Crippen MR) is 67.9 cm³/mol. The molecular weight excluding hydrogens is 198 g/mol. The van der Waals surface area contributed by atoms with E-state index in [4.69, 9.17) is 11.5 Å². The Bertz CT molecular complexity index is 498. The summed E-state index contributed by atoms with van der Waals surface area (Å²) in [6, 6.07) is 10.1. The van der Waals surface area contributed by atoms with Crippen molar-refractivity contribution in [3.05, 3.63) is 41.6 Å². The van der Waals surface area contributed by atoms with Gasteiger partial charge >= 0.3 is 0 Å². The van der Waals surface area contributed by atoms with Gasteiger partial charge in [-0.1, -0.05) is 30.3 Å². The minimum atomic E-state index is 0.484. The van der Waals surface area contributed by atoms with Crippen LogP contribution < -0.4 is 11.5 Å². The summed E-state index contributed by atoms with van der Waals surface area (Å²) in [5, 5.41) is 0. The maximum absolute atomic E-state index is 6.15. The van der Waals surface area contributed by atoms with Crippen molar-refractivity contribution in [1.29, 1.82) is 0 Å². The van der Waals surface area contributed by atoms with E-state index in [0.29, 0.717) is 6.54 Å². The Hall–Kier alpha value is -1.74. The number of hydrogen-bond acceptors (Lipinski definition) is 2. The molecule has 4 N–H and O–H groups in total. The lowest BCUT2D eigenvalue weighted by molar-refractivity contribution is 0.873. The van der Waals surface area contributed by atoms with Gasteiger partial charge in [-0.2, -0.15) is 0 Å². The molecule has 1 aromatic carbocycles. The number of benzene rings is 1. The molecule has 3 nitrogen and oxygen atoms in total. The van der Waals surface area contributed by atoms with E-state index < -0.39 is 0 Å². The second kappa shape index (κ2) is 4.02. The molecule has 16 heavy (non-hydrogen) atoms. The van der Waals surface area contributed by atoms with Crippen molar-refractivity contribution in [1.82, 2.24) is 4.57 Å². The van der Waals surface area contributed by atoms with Crippen LogP contribution in [0.3, 0.4) is 0 Å². The largest absolute Gasteiger partial charge is 0.397 e. The van der Waals surface area contributed by atoms with E-state index in [-0.39, 0.29) is 0 Å². The molecule has 0 aliphatic heterocycles. The zero-order chi connectivity index (χ0) is 11.7. The van der Waals surface area contributed by atoms with Crippen LogP contribution in [0.4, 0.5) is 5.69 Å². The summed E-state index contributed by atoms with van der Waals surface area (Å²) in [5.41, 5.74) is 17.0. The highest BCUT2D eigenvalue weighted by Gasteiger charge is 2.15. The Kier molecular flexibility index (Phi) is 2.71. The molecule has 1 aromatic heterocycles. The maximum atomic E-state index is 6.15. The molecule has 0 spiro atoms. The molecule has 0 radical (unpaired) electrons. The van der Waals surface area contributed by atoms with Crippen LogP contribution in [-0.2, 0) is 13.6 Å². The highest BCUT2D eigenvalue weighted by atomic mass is 15.0. The summed E-state index contributed by atoms with van der Waals surface area (Å²) in [7, 11) is 2.02. The highest BCUT2D eigenvalue weighted by Crippen LogP contribution is 2.32. The summed E-state index contributed by atoms with van der Waals surface area (Å²) in [5.74, 6) is 0. The van der Waals surface area contributed by atoms with Crippen LogP contribution in [0, 0.1) is 6.92 Å². The SMILES string of the molecule is Cc1c(CN)c(N)c(-c2ccccc2)n1C. The molecule has 0 saturated carbocycles. The van der Waals surface area contributed by atoms with Crippen LogP contribution in [-0.4, -0.2) is 4.57 Å². The Labute approximate surface area is 95.7 Å². The molecule has 0 aliphatic rings. The van der Waals surface area contributed by atoms with Gasteiger partial charge in [-0.3, -0.25) is 0 Å². The zero-order valence-corrected chi connectivity index (χ0v) is 9.70. The Balaban J connectivity index is 2.67. The minimum Gasteiger partial charge on any atom is -0.397 e. The Morgan fingerprint density at radius 1 is 1.19 bits per heavy atom. The fourth-order valence-electron chi connectivity index (χ4n) is 2.09. The lowest BCUT2D eigenvalue weighted by Gasteiger charge is -2.05. The average molecular weight is 215 g/mol. The highest BCUT2D eigenvalue weighted by molar-refractivity contribution is 5.77. The molecule has 1 heterocycles. The van der Waals surface area contributed by atoms with Gasteiger partial charge in [0.1, 0.15) is 0 Å². The van der Waals surface area contributed by atoms with E-state index in [1.165, 1.54) is 0 Å². The summed E-state index contributed by atoms with van der Waals surface area (Å²) >= 11 is 0. The van der Waals surface area contributed by atoms with Gasteiger partial charge in [0.25, 0.3) is 0 Å². The fourth-order valence-corrected chi connectivity index (χ4v) is 2.09. The molecule has 0 fully saturated rings. The van der Waals surface area contributed by atoms with E-state index in [1.54, 1.807) is 0 Å². The lowest BCUT2D eigenvalue weighted by Crippen LogP contribution is -2.00. The van der Waals surface area contributed by atoms with E-state index in [1.807, 2.05) is 32.2 Å². The average Bonchev–Trinajstić information content (AvgIpc) is 2.51. The number of nitrogens with zero attached hydrogens (tertiary/aromatic N) is 1. The van der Waals surface area contributed by atoms with Gasteiger partial charge in [0, 0.05) is 30.4 Å². The molecule has 0 unspecified atom stereocenters. The summed E-state index contributed by atoms with van der Waals surface area (Å²) < 4.78 is 2.10. The van der Waals surface area contributed by atoms with Crippen LogP contribution in [0.15, 0.2) is 30.3 Å². The molecule has 0 atom stereocenters. The zero-order valence-electron chi connectivity index (χ0n) is 9.70. The third-order valence-electron chi connectivity index (χ3n) is 3.11. The number of hydrogen-bond donors (Lipinski definition) is 2. The van der Waals surface area contributed by atoms with Crippen molar-refractivity contribution in [2.24, 2.45) is 12.8 Å². The first-order valence-corrected chi connectivity index (χ1v) is 5.36. The Morgan fingerprint density at radius 2 is 1.81 bits per heavy atom. The van der Waals surface area contributed by atoms with Crippen LogP contribution in [0.1, 0.15) is 11.3 Å². The number of aromatic nitrogens is 1. The number of nitrogens with two attached hydrogens (primary N) is 2. The van der Waals surface area contributed by atoms with Crippen LogP contribution in [0.2, 0.25) is 0 Å². The van der Waals surface area contributed by atoms with Crippen molar-refractivity contribution < 1.29 is 0 Å². The second-order valence-corrected chi connectivity index (χ2v) is 3.96. The molecule has 0 saturated heterocycles. The van der Waals surface area contributed by atoms with Gasteiger partial charge in [0.15, 0.2) is 0 Å². The van der Waals surface area contributed by atoms with Gasteiger partial charge in [-0.25, -0.2) is 0 Å². The third kappa shape index (κ3) is 1.49. The first-order chi connectivity index (χ1) is 7.66. The van der Waals surface area contributed by atoms with Gasteiger partial charge in [-0.05, 0) is 6.92 Å². The smallest absolute Gasteiger partial charge is 0.0716 e. The molecule has 0 amide bonds. The molecule has 2 rings (SSSR count). The first kappa shape index (κ1) is 10.8. The Morgan fingerprint density at radius 3 is 2.31 bits per heavy atom. The van der Waals surface area contributed by atoms with Gasteiger partial charge in [0.2, 0.25) is 0 Å². The number of nitrogen functional groups attached to an aromatic ring is 1. The van der Waals surface area contributed by atoms with Crippen molar-refractivity contribution in [3.63, 3.8) is 0 Å². The second-order valence-electron chi connectivity index (χ2n) is 3.96. The predicted octanol–water partition coefficient (Wildman–Crippen LogP) is 2.04. The van der Waals surface area contributed by atoms with E-state index >= 15 is 0 Å². The lowest BCUT2D eigenvalue weighted by atomic mass is 10.1. The van der Waals surface area contributed by atoms with Crippen LogP contribution in [0.5, 0.6) is 0 Å². The third-order valence-corrected chi connectivity index (χ3v) is 3.11. The van der Waals surface area contributed by atoms with Crippen molar-refractivity contribution in [3.8, 4) is 11.3 Å². The summed E-state index contributed by atoms with van der Waals surface area (Å²) in [6.07, 6.45) is 0. The van der Waals surface area contributed by atoms with Crippen molar-refractivity contribution in [2.45, 2.75) is 13.5 Å². The molecule has 2 aromatic rings. The van der Waals surface area contributed by atoms with Crippen molar-refractivity contribution >= 4 is 5.69 Å². The van der Waals surface area contributed by atoms with E-state index in [0.717, 1.165) is 28.2 Å². The van der Waals surface area contributed by atoms with E-state index in [9.17, 15) is 0 Å².